The molecule has 0 aliphatic carbocycles. The summed E-state index contributed by atoms with van der Waals surface area (Å²) >= 11 is 9.19. The Kier molecular flexibility index (Phi) is 5.54. The SMILES string of the molecule is O=C(NC1CCOCC1)c1cc(S(=O)(=O)Cl)cc(Br)c1Cl. The zero-order valence-electron chi connectivity index (χ0n) is 10.7. The summed E-state index contributed by atoms with van der Waals surface area (Å²) in [7, 11) is 1.36. The van der Waals surface area contributed by atoms with Crippen LogP contribution in [0.1, 0.15) is 23.2 Å². The zero-order valence-corrected chi connectivity index (χ0v) is 14.6. The molecule has 1 heterocycles. The lowest BCUT2D eigenvalue weighted by Gasteiger charge is -2.23. The van der Waals surface area contributed by atoms with Gasteiger partial charge in [0.1, 0.15) is 0 Å². The molecule has 1 N–H and O–H groups in total. The summed E-state index contributed by atoms with van der Waals surface area (Å²) in [5.41, 5.74) is 0.0664. The normalized spacial score (nSPS) is 16.7. The minimum absolute atomic E-state index is 0.0163. The summed E-state index contributed by atoms with van der Waals surface area (Å²) in [5.74, 6) is -0.435. The fourth-order valence-corrected chi connectivity index (χ4v) is 3.57. The maximum atomic E-state index is 12.3. The van der Waals surface area contributed by atoms with Gasteiger partial charge in [-0.3, -0.25) is 4.79 Å². The third kappa shape index (κ3) is 4.32. The van der Waals surface area contributed by atoms with Crippen molar-refractivity contribution in [1.29, 1.82) is 0 Å². The van der Waals surface area contributed by atoms with E-state index in [0.29, 0.717) is 30.5 Å². The number of hydrogen-bond acceptors (Lipinski definition) is 4. The number of nitrogens with one attached hydrogen (secondary N) is 1. The van der Waals surface area contributed by atoms with Crippen LogP contribution in [0.25, 0.3) is 0 Å². The molecule has 2 rings (SSSR count). The lowest BCUT2D eigenvalue weighted by molar-refractivity contribution is 0.0696. The fourth-order valence-electron chi connectivity index (χ4n) is 1.98. The van der Waals surface area contributed by atoms with Crippen molar-refractivity contribution in [3.8, 4) is 0 Å². The highest BCUT2D eigenvalue weighted by Gasteiger charge is 2.22. The van der Waals surface area contributed by atoms with Crippen molar-refractivity contribution in [2.24, 2.45) is 0 Å². The van der Waals surface area contributed by atoms with E-state index in [1.807, 2.05) is 0 Å². The van der Waals surface area contributed by atoms with Crippen molar-refractivity contribution >= 4 is 53.2 Å². The Morgan fingerprint density at radius 1 is 1.33 bits per heavy atom. The number of hydrogen-bond donors (Lipinski definition) is 1. The highest BCUT2D eigenvalue weighted by Crippen LogP contribution is 2.31. The summed E-state index contributed by atoms with van der Waals surface area (Å²) in [6, 6.07) is 2.41. The monoisotopic (exact) mass is 415 g/mol. The van der Waals surface area contributed by atoms with Crippen LogP contribution in [0.4, 0.5) is 0 Å². The lowest BCUT2D eigenvalue weighted by Crippen LogP contribution is -2.39. The van der Waals surface area contributed by atoms with Crippen molar-refractivity contribution in [3.05, 3.63) is 27.2 Å². The Bertz CT molecular complexity index is 659. The predicted molar refractivity (Wildman–Crippen MR) is 83.5 cm³/mol. The standard InChI is InChI=1S/C12H12BrCl2NO4S/c13-10-6-8(21(15,18)19)5-9(11(10)14)12(17)16-7-1-3-20-4-2-7/h5-7H,1-4H2,(H,16,17). The number of halogens is 3. The summed E-state index contributed by atoms with van der Waals surface area (Å²) in [6.45, 7) is 1.16. The number of ether oxygens (including phenoxy) is 1. The molecule has 1 amide bonds. The van der Waals surface area contributed by atoms with Gasteiger partial charge in [0, 0.05) is 34.4 Å². The van der Waals surface area contributed by atoms with E-state index < -0.39 is 15.0 Å². The molecular formula is C12H12BrCl2NO4S. The van der Waals surface area contributed by atoms with Crippen LogP contribution in [-0.2, 0) is 13.8 Å². The van der Waals surface area contributed by atoms with Crippen LogP contribution >= 0.6 is 38.2 Å². The van der Waals surface area contributed by atoms with Crippen molar-refractivity contribution < 1.29 is 17.9 Å². The minimum atomic E-state index is -3.95. The average molecular weight is 417 g/mol. The number of carbonyl (C=O) groups excluding carboxylic acids is 1. The molecule has 0 unspecified atom stereocenters. The molecule has 0 radical (unpaired) electrons. The molecule has 0 bridgehead atoms. The lowest BCUT2D eigenvalue weighted by atomic mass is 10.1. The van der Waals surface area contributed by atoms with Gasteiger partial charge in [-0.25, -0.2) is 8.42 Å². The van der Waals surface area contributed by atoms with Crippen molar-refractivity contribution in [3.63, 3.8) is 0 Å². The molecule has 5 nitrogen and oxygen atoms in total. The summed E-state index contributed by atoms with van der Waals surface area (Å²) in [6.07, 6.45) is 1.41. The van der Waals surface area contributed by atoms with Crippen molar-refractivity contribution in [1.82, 2.24) is 5.32 Å². The van der Waals surface area contributed by atoms with Gasteiger partial charge in [0.2, 0.25) is 0 Å². The Morgan fingerprint density at radius 3 is 2.52 bits per heavy atom. The predicted octanol–water partition coefficient (Wildman–Crippen LogP) is 2.94. The molecule has 9 heteroatoms. The van der Waals surface area contributed by atoms with E-state index in [0.717, 1.165) is 0 Å². The van der Waals surface area contributed by atoms with Crippen LogP contribution in [-0.4, -0.2) is 33.6 Å². The largest absolute Gasteiger partial charge is 0.381 e. The van der Waals surface area contributed by atoms with E-state index in [1.54, 1.807) is 0 Å². The van der Waals surface area contributed by atoms with Crippen LogP contribution in [0.2, 0.25) is 5.02 Å². The van der Waals surface area contributed by atoms with Gasteiger partial charge in [0.25, 0.3) is 15.0 Å². The van der Waals surface area contributed by atoms with Crippen molar-refractivity contribution in [2.45, 2.75) is 23.8 Å². The van der Waals surface area contributed by atoms with Crippen LogP contribution in [0.5, 0.6) is 0 Å². The molecule has 1 aliphatic rings. The number of rotatable bonds is 3. The average Bonchev–Trinajstić information content (AvgIpc) is 2.41. The van der Waals surface area contributed by atoms with E-state index in [-0.39, 0.29) is 21.5 Å². The molecule has 1 aliphatic heterocycles. The van der Waals surface area contributed by atoms with Gasteiger partial charge in [-0.1, -0.05) is 11.6 Å². The molecule has 116 valence electrons. The number of benzene rings is 1. The van der Waals surface area contributed by atoms with Gasteiger partial charge in [-0.15, -0.1) is 0 Å². The molecule has 21 heavy (non-hydrogen) atoms. The molecule has 0 saturated carbocycles. The number of carbonyl (C=O) groups is 1. The smallest absolute Gasteiger partial charge is 0.261 e. The highest BCUT2D eigenvalue weighted by atomic mass is 79.9. The molecule has 1 aromatic carbocycles. The van der Waals surface area contributed by atoms with E-state index in [9.17, 15) is 13.2 Å². The third-order valence-corrected chi connectivity index (χ3v) is 5.68. The van der Waals surface area contributed by atoms with E-state index in [4.69, 9.17) is 27.0 Å². The van der Waals surface area contributed by atoms with E-state index in [1.165, 1.54) is 12.1 Å². The Balaban J connectivity index is 2.29. The van der Waals surface area contributed by atoms with Crippen LogP contribution < -0.4 is 5.32 Å². The molecule has 1 fully saturated rings. The van der Waals surface area contributed by atoms with Gasteiger partial charge in [0.05, 0.1) is 15.5 Å². The van der Waals surface area contributed by atoms with Gasteiger partial charge >= 0.3 is 0 Å². The molecule has 1 aromatic rings. The maximum absolute atomic E-state index is 12.3. The van der Waals surface area contributed by atoms with E-state index in [2.05, 4.69) is 21.2 Å². The van der Waals surface area contributed by atoms with Gasteiger partial charge in [0.15, 0.2) is 0 Å². The first-order valence-electron chi connectivity index (χ1n) is 6.11. The third-order valence-electron chi connectivity index (χ3n) is 3.08. The minimum Gasteiger partial charge on any atom is -0.381 e. The number of amides is 1. The second-order valence-electron chi connectivity index (χ2n) is 4.56. The van der Waals surface area contributed by atoms with Crippen molar-refractivity contribution in [2.75, 3.05) is 13.2 Å². The first kappa shape index (κ1) is 17.0. The fraction of sp³-hybridized carbons (Fsp3) is 0.417. The molecule has 0 spiro atoms. The molecular weight excluding hydrogens is 405 g/mol. The Morgan fingerprint density at radius 2 is 1.95 bits per heavy atom. The van der Waals surface area contributed by atoms with E-state index >= 15 is 0 Å². The zero-order chi connectivity index (χ0) is 15.6. The Hall–Kier alpha value is -0.340. The molecule has 0 aromatic heterocycles. The second-order valence-corrected chi connectivity index (χ2v) is 8.36. The summed E-state index contributed by atoms with van der Waals surface area (Å²) in [4.78, 5) is 12.1. The first-order chi connectivity index (χ1) is 9.79. The van der Waals surface area contributed by atoms with Crippen LogP contribution in [0, 0.1) is 0 Å². The summed E-state index contributed by atoms with van der Waals surface area (Å²) < 4.78 is 28.3. The first-order valence-corrected chi connectivity index (χ1v) is 9.59. The Labute approximate surface area is 140 Å². The highest BCUT2D eigenvalue weighted by molar-refractivity contribution is 9.10. The molecule has 1 saturated heterocycles. The van der Waals surface area contributed by atoms with Gasteiger partial charge < -0.3 is 10.1 Å². The van der Waals surface area contributed by atoms with Gasteiger partial charge in [-0.2, -0.15) is 0 Å². The maximum Gasteiger partial charge on any atom is 0.261 e. The van der Waals surface area contributed by atoms with Crippen LogP contribution in [0.3, 0.4) is 0 Å². The molecule has 0 atom stereocenters. The quantitative estimate of drug-likeness (QED) is 0.768. The topological polar surface area (TPSA) is 72.5 Å². The van der Waals surface area contributed by atoms with Gasteiger partial charge in [-0.05, 0) is 40.9 Å². The second kappa shape index (κ2) is 6.83. The summed E-state index contributed by atoms with van der Waals surface area (Å²) in [5, 5.41) is 2.96. The van der Waals surface area contributed by atoms with Crippen LogP contribution in [0.15, 0.2) is 21.5 Å².